The van der Waals surface area contributed by atoms with Gasteiger partial charge in [0.1, 0.15) is 0 Å². The van der Waals surface area contributed by atoms with Crippen LogP contribution in [0.15, 0.2) is 42.5 Å². The van der Waals surface area contributed by atoms with E-state index in [0.29, 0.717) is 0 Å². The normalized spacial score (nSPS) is 11.1. The van der Waals surface area contributed by atoms with E-state index in [0.717, 1.165) is 5.56 Å². The van der Waals surface area contributed by atoms with Crippen molar-refractivity contribution >= 4 is 22.8 Å². The summed E-state index contributed by atoms with van der Waals surface area (Å²) in [5.74, 6) is -0.306. The van der Waals surface area contributed by atoms with Crippen molar-refractivity contribution in [1.82, 2.24) is 0 Å². The first-order valence-electron chi connectivity index (χ1n) is 5.61. The molecule has 0 fully saturated rings. The molecule has 86 valence electrons. The highest BCUT2D eigenvalue weighted by molar-refractivity contribution is 5.92. The smallest absolute Gasteiger partial charge is 0.221 e. The average Bonchev–Trinajstić information content (AvgIpc) is 2.32. The van der Waals surface area contributed by atoms with Crippen LogP contribution in [0.25, 0.3) is 16.8 Å². The Labute approximate surface area is 101 Å². The summed E-state index contributed by atoms with van der Waals surface area (Å²) in [6.45, 7) is 2.07. The second-order valence-corrected chi connectivity index (χ2v) is 4.09. The molecule has 0 aliphatic heterocycles. The number of rotatable bonds is 3. The first kappa shape index (κ1) is 11.4. The summed E-state index contributed by atoms with van der Waals surface area (Å²) in [4.78, 5) is 10.7. The van der Waals surface area contributed by atoms with Crippen LogP contribution >= 0.6 is 0 Å². The molecule has 0 unspecified atom stereocenters. The van der Waals surface area contributed by atoms with Crippen LogP contribution in [0.2, 0.25) is 0 Å². The second-order valence-electron chi connectivity index (χ2n) is 4.09. The molecule has 2 rings (SSSR count). The number of fused-ring (bicyclic) bond motifs is 1. The second kappa shape index (κ2) is 4.83. The summed E-state index contributed by atoms with van der Waals surface area (Å²) in [7, 11) is 0. The molecule has 17 heavy (non-hydrogen) atoms. The van der Waals surface area contributed by atoms with Crippen LogP contribution in [0, 0.1) is 6.92 Å². The lowest BCUT2D eigenvalue weighted by molar-refractivity contribution is -0.117. The van der Waals surface area contributed by atoms with Crippen molar-refractivity contribution in [2.24, 2.45) is 5.73 Å². The van der Waals surface area contributed by atoms with Gasteiger partial charge in [0.15, 0.2) is 0 Å². The Morgan fingerprint density at radius 1 is 1.24 bits per heavy atom. The highest BCUT2D eigenvalue weighted by Crippen LogP contribution is 2.23. The van der Waals surface area contributed by atoms with Gasteiger partial charge in [-0.25, -0.2) is 0 Å². The lowest BCUT2D eigenvalue weighted by atomic mass is 9.99. The van der Waals surface area contributed by atoms with Crippen LogP contribution in [0.5, 0.6) is 0 Å². The number of aryl methyl sites for hydroxylation is 1. The molecule has 0 aliphatic carbocycles. The van der Waals surface area contributed by atoms with Crippen LogP contribution < -0.4 is 5.73 Å². The van der Waals surface area contributed by atoms with Crippen molar-refractivity contribution in [3.8, 4) is 0 Å². The van der Waals surface area contributed by atoms with Crippen LogP contribution in [-0.4, -0.2) is 5.91 Å². The standard InChI is InChI=1S/C15H15NO/c1-11-9-10-12-5-2-3-6-14(12)13(11)7-4-8-15(16)17/h2-7,9-10H,8H2,1H3,(H2,16,17). The molecule has 2 aromatic carbocycles. The van der Waals surface area contributed by atoms with Crippen molar-refractivity contribution in [2.45, 2.75) is 13.3 Å². The lowest BCUT2D eigenvalue weighted by Crippen LogP contribution is -2.07. The predicted molar refractivity (Wildman–Crippen MR) is 71.5 cm³/mol. The SMILES string of the molecule is Cc1ccc2ccccc2c1C=CCC(N)=O. The lowest BCUT2D eigenvalue weighted by Gasteiger charge is -2.06. The average molecular weight is 225 g/mol. The Kier molecular flexibility index (Phi) is 3.24. The topological polar surface area (TPSA) is 43.1 Å². The first-order chi connectivity index (χ1) is 8.18. The molecule has 2 heteroatoms. The number of nitrogens with two attached hydrogens (primary N) is 1. The van der Waals surface area contributed by atoms with Crippen molar-refractivity contribution in [2.75, 3.05) is 0 Å². The maximum Gasteiger partial charge on any atom is 0.221 e. The number of benzene rings is 2. The Morgan fingerprint density at radius 3 is 2.76 bits per heavy atom. The minimum Gasteiger partial charge on any atom is -0.369 e. The van der Waals surface area contributed by atoms with Gasteiger partial charge in [-0.05, 0) is 28.8 Å². The Balaban J connectivity index is 2.47. The highest BCUT2D eigenvalue weighted by atomic mass is 16.1. The predicted octanol–water partition coefficient (Wildman–Crippen LogP) is 3.04. The zero-order valence-electron chi connectivity index (χ0n) is 9.81. The number of carbonyl (C=O) groups is 1. The van der Waals surface area contributed by atoms with E-state index in [1.54, 1.807) is 0 Å². The van der Waals surface area contributed by atoms with Gasteiger partial charge >= 0.3 is 0 Å². The molecule has 2 aromatic rings. The van der Waals surface area contributed by atoms with Gasteiger partial charge in [-0.2, -0.15) is 0 Å². The van der Waals surface area contributed by atoms with Crippen LogP contribution in [0.4, 0.5) is 0 Å². The maximum absolute atomic E-state index is 10.7. The van der Waals surface area contributed by atoms with Gasteiger partial charge in [-0.15, -0.1) is 0 Å². The molecule has 2 nitrogen and oxygen atoms in total. The summed E-state index contributed by atoms with van der Waals surface area (Å²) < 4.78 is 0. The quantitative estimate of drug-likeness (QED) is 0.857. The third-order valence-corrected chi connectivity index (χ3v) is 2.79. The zero-order chi connectivity index (χ0) is 12.3. The molecule has 0 aromatic heterocycles. The fourth-order valence-electron chi connectivity index (χ4n) is 1.92. The molecular formula is C15H15NO. The molecular weight excluding hydrogens is 210 g/mol. The van der Waals surface area contributed by atoms with Gasteiger partial charge < -0.3 is 5.73 Å². The number of hydrogen-bond donors (Lipinski definition) is 1. The molecule has 0 spiro atoms. The first-order valence-corrected chi connectivity index (χ1v) is 5.61. The van der Waals surface area contributed by atoms with Crippen LogP contribution in [0.3, 0.4) is 0 Å². The number of carbonyl (C=O) groups excluding carboxylic acids is 1. The van der Waals surface area contributed by atoms with Gasteiger partial charge in [-0.3, -0.25) is 4.79 Å². The largest absolute Gasteiger partial charge is 0.369 e. The molecule has 0 aliphatic rings. The van der Waals surface area contributed by atoms with Gasteiger partial charge in [0.2, 0.25) is 5.91 Å². The Morgan fingerprint density at radius 2 is 2.00 bits per heavy atom. The van der Waals surface area contributed by atoms with E-state index in [4.69, 9.17) is 5.73 Å². The fraction of sp³-hybridized carbons (Fsp3) is 0.133. The number of hydrogen-bond acceptors (Lipinski definition) is 1. The highest BCUT2D eigenvalue weighted by Gasteiger charge is 2.00. The summed E-state index contributed by atoms with van der Waals surface area (Å²) in [5.41, 5.74) is 7.47. The fourth-order valence-corrected chi connectivity index (χ4v) is 1.92. The molecule has 0 bridgehead atoms. The van der Waals surface area contributed by atoms with E-state index in [2.05, 4.69) is 31.2 Å². The summed E-state index contributed by atoms with van der Waals surface area (Å²) in [5, 5.41) is 2.41. The van der Waals surface area contributed by atoms with Crippen molar-refractivity contribution in [1.29, 1.82) is 0 Å². The van der Waals surface area contributed by atoms with Gasteiger partial charge in [0, 0.05) is 6.42 Å². The summed E-state index contributed by atoms with van der Waals surface area (Å²) in [6, 6.07) is 12.4. The van der Waals surface area contributed by atoms with Crippen LogP contribution in [0.1, 0.15) is 17.5 Å². The van der Waals surface area contributed by atoms with Crippen molar-refractivity contribution in [3.63, 3.8) is 0 Å². The molecule has 0 saturated heterocycles. The monoisotopic (exact) mass is 225 g/mol. The van der Waals surface area contributed by atoms with Gasteiger partial charge in [0.25, 0.3) is 0 Å². The van der Waals surface area contributed by atoms with E-state index in [-0.39, 0.29) is 12.3 Å². The molecule has 2 N–H and O–H groups in total. The Bertz CT molecular complexity index is 584. The zero-order valence-corrected chi connectivity index (χ0v) is 9.81. The third kappa shape index (κ3) is 2.53. The van der Waals surface area contributed by atoms with E-state index < -0.39 is 0 Å². The van der Waals surface area contributed by atoms with Gasteiger partial charge in [0.05, 0.1) is 0 Å². The number of primary amides is 1. The minimum absolute atomic E-state index is 0.280. The van der Waals surface area contributed by atoms with Crippen LogP contribution in [-0.2, 0) is 4.79 Å². The van der Waals surface area contributed by atoms with E-state index in [1.165, 1.54) is 16.3 Å². The van der Waals surface area contributed by atoms with Crippen molar-refractivity contribution < 1.29 is 4.79 Å². The molecule has 0 atom stereocenters. The molecule has 0 heterocycles. The third-order valence-electron chi connectivity index (χ3n) is 2.79. The minimum atomic E-state index is -0.306. The molecule has 1 amide bonds. The summed E-state index contributed by atoms with van der Waals surface area (Å²) >= 11 is 0. The van der Waals surface area contributed by atoms with E-state index in [1.807, 2.05) is 24.3 Å². The van der Waals surface area contributed by atoms with E-state index >= 15 is 0 Å². The van der Waals surface area contributed by atoms with Crippen molar-refractivity contribution in [3.05, 3.63) is 53.6 Å². The van der Waals surface area contributed by atoms with E-state index in [9.17, 15) is 4.79 Å². The maximum atomic E-state index is 10.7. The Hall–Kier alpha value is -2.09. The number of amides is 1. The molecule has 0 radical (unpaired) electrons. The summed E-state index contributed by atoms with van der Waals surface area (Å²) in [6.07, 6.45) is 4.07. The van der Waals surface area contributed by atoms with Gasteiger partial charge in [-0.1, -0.05) is 48.6 Å². The molecule has 0 saturated carbocycles.